The second-order valence-corrected chi connectivity index (χ2v) is 5.87. The molecular weight excluding hydrogens is 374 g/mol. The van der Waals surface area contributed by atoms with Crippen LogP contribution in [-0.4, -0.2) is 69.5 Å². The Kier molecular flexibility index (Phi) is 14.8. The normalized spacial score (nSPS) is 11.2. The Morgan fingerprint density at radius 1 is 1.25 bits per heavy atom. The zero-order valence-electron chi connectivity index (χ0n) is 15.9. The number of hydrogen-bond acceptors (Lipinski definition) is 8. The lowest BCUT2D eigenvalue weighted by Crippen LogP contribution is -2.39. The van der Waals surface area contributed by atoms with Gasteiger partial charge in [-0.2, -0.15) is 0 Å². The minimum Gasteiger partial charge on any atom is -0.481 e. The second-order valence-electron chi connectivity index (χ2n) is 5.87. The highest BCUT2D eigenvalue weighted by molar-refractivity contribution is 5.73. The molecule has 1 aromatic rings. The zero-order chi connectivity index (χ0) is 21.2. The van der Waals surface area contributed by atoms with Crippen molar-refractivity contribution < 1.29 is 29.7 Å². The summed E-state index contributed by atoms with van der Waals surface area (Å²) < 4.78 is 0. The molecule has 0 aliphatic heterocycles. The van der Waals surface area contributed by atoms with Gasteiger partial charge in [-0.05, 0) is 38.9 Å². The van der Waals surface area contributed by atoms with E-state index in [1.54, 1.807) is 6.20 Å². The third kappa shape index (κ3) is 16.7. The number of carbonyl (C=O) groups is 2. The van der Waals surface area contributed by atoms with Gasteiger partial charge in [0.05, 0.1) is 12.9 Å². The number of H-pyrrole nitrogens is 1. The summed E-state index contributed by atoms with van der Waals surface area (Å²) in [7, 11) is 0. The summed E-state index contributed by atoms with van der Waals surface area (Å²) in [4.78, 5) is 41.1. The molecule has 1 rings (SSSR count). The number of unbranched alkanes of at least 4 members (excludes halogenated alkanes) is 2. The Hall–Kier alpha value is -2.73. The minimum absolute atomic E-state index is 0.143. The molecule has 0 spiro atoms. The molecule has 12 heteroatoms. The summed E-state index contributed by atoms with van der Waals surface area (Å²) in [6, 6.07) is -0.632. The average Bonchev–Trinajstić information content (AvgIpc) is 3.10. The fraction of sp³-hybridized carbons (Fsp3) is 0.688. The van der Waals surface area contributed by atoms with Gasteiger partial charge in [0, 0.05) is 25.2 Å². The van der Waals surface area contributed by atoms with E-state index in [2.05, 4.69) is 25.4 Å². The molecule has 1 heterocycles. The number of hydrogen-bond donors (Lipinski definition) is 5. The van der Waals surface area contributed by atoms with Crippen molar-refractivity contribution in [3.05, 3.63) is 28.3 Å². The Balaban J connectivity index is 0.00000165. The van der Waals surface area contributed by atoms with E-state index in [9.17, 15) is 20.0 Å². The molecule has 0 fully saturated rings. The van der Waals surface area contributed by atoms with Crippen LogP contribution in [0, 0.1) is 10.1 Å². The molecule has 5 N–H and O–H groups in total. The summed E-state index contributed by atoms with van der Waals surface area (Å²) in [6.07, 6.45) is 6.79. The van der Waals surface area contributed by atoms with E-state index in [1.807, 2.05) is 0 Å². The van der Waals surface area contributed by atoms with E-state index >= 15 is 0 Å². The zero-order valence-corrected chi connectivity index (χ0v) is 15.9. The number of rotatable bonds is 15. The highest BCUT2D eigenvalue weighted by Crippen LogP contribution is 1.99. The van der Waals surface area contributed by atoms with Crippen molar-refractivity contribution in [1.82, 2.24) is 20.6 Å². The molecule has 0 bridgehead atoms. The number of carboxylic acid groups (broad SMARTS) is 2. The molecule has 0 aliphatic carbocycles. The molecule has 0 aromatic carbocycles. The molecule has 0 saturated heterocycles. The monoisotopic (exact) mass is 403 g/mol. The first-order chi connectivity index (χ1) is 13.3. The minimum atomic E-state index is -0.880. The summed E-state index contributed by atoms with van der Waals surface area (Å²) in [5, 5.41) is 32.0. The molecule has 0 unspecified atom stereocenters. The predicted molar refractivity (Wildman–Crippen MR) is 99.3 cm³/mol. The summed E-state index contributed by atoms with van der Waals surface area (Å²) in [5.41, 5.74) is 0.786. The van der Waals surface area contributed by atoms with Crippen LogP contribution in [0.15, 0.2) is 12.5 Å². The lowest BCUT2D eigenvalue weighted by atomic mass is 10.1. The quantitative estimate of drug-likeness (QED) is 0.157. The summed E-state index contributed by atoms with van der Waals surface area (Å²) >= 11 is 0. The number of nitrogens with zero attached hydrogens (tertiary/aromatic N) is 2. The van der Waals surface area contributed by atoms with Crippen LogP contribution in [-0.2, 0) is 20.8 Å². The van der Waals surface area contributed by atoms with E-state index in [0.717, 1.165) is 45.0 Å². The van der Waals surface area contributed by atoms with Gasteiger partial charge in [0.1, 0.15) is 6.04 Å². The SMILES string of the molecule is CC(=O)O.O=C(O)[C@H](Cc1cnc[nH]1)NCCCNCCCCCO[N+](=O)[O-]. The summed E-state index contributed by atoms with van der Waals surface area (Å²) in [5.74, 6) is -1.71. The van der Waals surface area contributed by atoms with E-state index in [1.165, 1.54) is 6.33 Å². The second kappa shape index (κ2) is 16.4. The maximum absolute atomic E-state index is 11.2. The Morgan fingerprint density at radius 2 is 1.93 bits per heavy atom. The van der Waals surface area contributed by atoms with Crippen molar-refractivity contribution in [1.29, 1.82) is 0 Å². The van der Waals surface area contributed by atoms with E-state index in [4.69, 9.17) is 9.90 Å². The van der Waals surface area contributed by atoms with Gasteiger partial charge in [-0.3, -0.25) is 9.59 Å². The van der Waals surface area contributed by atoms with Crippen molar-refractivity contribution in [2.75, 3.05) is 26.2 Å². The van der Waals surface area contributed by atoms with Gasteiger partial charge in [0.2, 0.25) is 0 Å². The molecule has 0 aliphatic rings. The van der Waals surface area contributed by atoms with Crippen LogP contribution in [0.2, 0.25) is 0 Å². The third-order valence-electron chi connectivity index (χ3n) is 3.39. The lowest BCUT2D eigenvalue weighted by Gasteiger charge is -2.13. The Morgan fingerprint density at radius 3 is 2.50 bits per heavy atom. The predicted octanol–water partition coefficient (Wildman–Crippen LogP) is 0.444. The van der Waals surface area contributed by atoms with Crippen LogP contribution < -0.4 is 10.6 Å². The van der Waals surface area contributed by atoms with Gasteiger partial charge in [-0.1, -0.05) is 6.42 Å². The van der Waals surface area contributed by atoms with Gasteiger partial charge < -0.3 is 30.7 Å². The lowest BCUT2D eigenvalue weighted by molar-refractivity contribution is -0.757. The van der Waals surface area contributed by atoms with Crippen LogP contribution in [0.4, 0.5) is 0 Å². The first-order valence-electron chi connectivity index (χ1n) is 8.94. The molecule has 28 heavy (non-hydrogen) atoms. The van der Waals surface area contributed by atoms with Crippen molar-refractivity contribution in [2.45, 2.75) is 45.1 Å². The van der Waals surface area contributed by atoms with Crippen LogP contribution in [0.5, 0.6) is 0 Å². The molecule has 12 nitrogen and oxygen atoms in total. The fourth-order valence-corrected chi connectivity index (χ4v) is 2.15. The van der Waals surface area contributed by atoms with Gasteiger partial charge in [0.25, 0.3) is 11.1 Å². The number of nitrogens with one attached hydrogen (secondary N) is 3. The highest BCUT2D eigenvalue weighted by atomic mass is 16.9. The smallest absolute Gasteiger partial charge is 0.321 e. The molecule has 0 saturated carbocycles. The van der Waals surface area contributed by atoms with Gasteiger partial charge >= 0.3 is 5.97 Å². The largest absolute Gasteiger partial charge is 0.481 e. The number of carboxylic acids is 2. The molecule has 0 amide bonds. The first kappa shape index (κ1) is 25.3. The van der Waals surface area contributed by atoms with Crippen LogP contribution in [0.1, 0.15) is 38.3 Å². The topological polar surface area (TPSA) is 180 Å². The maximum atomic E-state index is 11.2. The Labute approximate surface area is 162 Å². The van der Waals surface area contributed by atoms with Crippen molar-refractivity contribution in [3.63, 3.8) is 0 Å². The average molecular weight is 403 g/mol. The first-order valence-corrected chi connectivity index (χ1v) is 8.94. The van der Waals surface area contributed by atoms with E-state index < -0.39 is 23.1 Å². The fourth-order valence-electron chi connectivity index (χ4n) is 2.15. The van der Waals surface area contributed by atoms with Crippen molar-refractivity contribution in [2.24, 2.45) is 0 Å². The Bertz CT molecular complexity index is 550. The van der Waals surface area contributed by atoms with E-state index in [-0.39, 0.29) is 6.61 Å². The van der Waals surface area contributed by atoms with Crippen molar-refractivity contribution in [3.8, 4) is 0 Å². The van der Waals surface area contributed by atoms with Crippen LogP contribution in [0.3, 0.4) is 0 Å². The molecule has 0 radical (unpaired) electrons. The number of aromatic nitrogens is 2. The van der Waals surface area contributed by atoms with Crippen molar-refractivity contribution >= 4 is 11.9 Å². The summed E-state index contributed by atoms with van der Waals surface area (Å²) in [6.45, 7) is 3.45. The standard InChI is InChI=1S/C14H25N5O5.C2H4O2/c20-14(21)13(9-12-10-16-11-18-12)17-7-4-6-15-5-2-1-3-8-24-19(22)23;1-2(3)4/h10-11,13,15,17H,1-9H2,(H,16,18)(H,20,21);1H3,(H,3,4)/t13-;/m0./s1. The van der Waals surface area contributed by atoms with Crippen LogP contribution >= 0.6 is 0 Å². The van der Waals surface area contributed by atoms with Gasteiger partial charge in [0.15, 0.2) is 0 Å². The van der Waals surface area contributed by atoms with Gasteiger partial charge in [-0.25, -0.2) is 4.98 Å². The maximum Gasteiger partial charge on any atom is 0.321 e. The molecule has 1 atom stereocenters. The number of aromatic amines is 1. The van der Waals surface area contributed by atoms with Gasteiger partial charge in [-0.15, -0.1) is 10.1 Å². The van der Waals surface area contributed by atoms with E-state index in [0.29, 0.717) is 19.4 Å². The highest BCUT2D eigenvalue weighted by Gasteiger charge is 2.17. The number of imidazole rings is 1. The molecule has 1 aromatic heterocycles. The third-order valence-corrected chi connectivity index (χ3v) is 3.39. The molecule has 160 valence electrons. The van der Waals surface area contributed by atoms with Crippen LogP contribution in [0.25, 0.3) is 0 Å². The molecular formula is C16H29N5O7. The number of aliphatic carboxylic acids is 2.